The minimum Gasteiger partial charge on any atom is -0.379 e. The molecule has 1 rings (SSSR count). The van der Waals surface area contributed by atoms with Gasteiger partial charge in [0.2, 0.25) is 0 Å². The van der Waals surface area contributed by atoms with Crippen LogP contribution in [0.2, 0.25) is 0 Å². The minimum absolute atomic E-state index is 0.607. The number of alkyl halides is 1. The standard InChI is InChI=1S/C11H21ClN2O/c12-4-1-2-5-13-6-3-7-14-8-10-15-11-9-14/h1-2,13H,3-11H2/b2-1+. The maximum Gasteiger partial charge on any atom is 0.0594 e. The number of ether oxygens (including phenoxy) is 1. The summed E-state index contributed by atoms with van der Waals surface area (Å²) >= 11 is 5.51. The lowest BCUT2D eigenvalue weighted by Gasteiger charge is -2.26. The molecule has 0 aliphatic carbocycles. The summed E-state index contributed by atoms with van der Waals surface area (Å²) in [5.41, 5.74) is 0. The Labute approximate surface area is 97.4 Å². The van der Waals surface area contributed by atoms with Crippen molar-refractivity contribution >= 4 is 11.6 Å². The van der Waals surface area contributed by atoms with Crippen molar-refractivity contribution in [2.45, 2.75) is 6.42 Å². The number of rotatable bonds is 7. The lowest BCUT2D eigenvalue weighted by Crippen LogP contribution is -2.37. The Balaban J connectivity index is 1.85. The average Bonchev–Trinajstić information content (AvgIpc) is 2.29. The number of hydrogen-bond donors (Lipinski definition) is 1. The molecule has 4 heteroatoms. The Morgan fingerprint density at radius 2 is 2.07 bits per heavy atom. The molecule has 1 heterocycles. The second-order valence-electron chi connectivity index (χ2n) is 3.64. The van der Waals surface area contributed by atoms with Crippen molar-refractivity contribution in [1.82, 2.24) is 10.2 Å². The zero-order valence-corrected chi connectivity index (χ0v) is 10.0. The van der Waals surface area contributed by atoms with E-state index in [1.807, 2.05) is 6.08 Å². The summed E-state index contributed by atoms with van der Waals surface area (Å²) in [5.74, 6) is 0.607. The van der Waals surface area contributed by atoms with E-state index in [1.54, 1.807) is 0 Å². The summed E-state index contributed by atoms with van der Waals surface area (Å²) in [7, 11) is 0. The zero-order valence-electron chi connectivity index (χ0n) is 9.25. The number of allylic oxidation sites excluding steroid dienone is 1. The van der Waals surface area contributed by atoms with Gasteiger partial charge in [0.1, 0.15) is 0 Å². The van der Waals surface area contributed by atoms with Crippen LogP contribution in [0.1, 0.15) is 6.42 Å². The third-order valence-electron chi connectivity index (χ3n) is 2.45. The van der Waals surface area contributed by atoms with Crippen molar-refractivity contribution < 1.29 is 4.74 Å². The van der Waals surface area contributed by atoms with E-state index >= 15 is 0 Å². The molecule has 0 saturated carbocycles. The van der Waals surface area contributed by atoms with Crippen molar-refractivity contribution in [2.75, 3.05) is 51.8 Å². The quantitative estimate of drug-likeness (QED) is 0.404. The van der Waals surface area contributed by atoms with Crippen LogP contribution in [0.3, 0.4) is 0 Å². The van der Waals surface area contributed by atoms with Crippen LogP contribution in [0.25, 0.3) is 0 Å². The van der Waals surface area contributed by atoms with E-state index in [2.05, 4.69) is 16.3 Å². The summed E-state index contributed by atoms with van der Waals surface area (Å²) in [6, 6.07) is 0. The van der Waals surface area contributed by atoms with Gasteiger partial charge >= 0.3 is 0 Å². The van der Waals surface area contributed by atoms with Gasteiger partial charge in [-0.25, -0.2) is 0 Å². The van der Waals surface area contributed by atoms with Crippen LogP contribution in [-0.2, 0) is 4.74 Å². The molecule has 0 atom stereocenters. The minimum atomic E-state index is 0.607. The Bertz CT molecular complexity index is 170. The fraction of sp³-hybridized carbons (Fsp3) is 0.818. The van der Waals surface area contributed by atoms with Gasteiger partial charge < -0.3 is 10.1 Å². The highest BCUT2D eigenvalue weighted by atomic mass is 35.5. The molecule has 3 nitrogen and oxygen atoms in total. The van der Waals surface area contributed by atoms with E-state index in [4.69, 9.17) is 16.3 Å². The molecular weight excluding hydrogens is 212 g/mol. The molecule has 1 saturated heterocycles. The van der Waals surface area contributed by atoms with Crippen LogP contribution in [0.4, 0.5) is 0 Å². The summed E-state index contributed by atoms with van der Waals surface area (Å²) in [6.45, 7) is 7.14. The highest BCUT2D eigenvalue weighted by molar-refractivity contribution is 6.18. The Morgan fingerprint density at radius 3 is 2.80 bits per heavy atom. The van der Waals surface area contributed by atoms with E-state index in [9.17, 15) is 0 Å². The number of morpholine rings is 1. The third-order valence-corrected chi connectivity index (χ3v) is 2.63. The molecule has 15 heavy (non-hydrogen) atoms. The number of halogens is 1. The summed E-state index contributed by atoms with van der Waals surface area (Å²) < 4.78 is 5.29. The first-order valence-electron chi connectivity index (χ1n) is 5.65. The van der Waals surface area contributed by atoms with Crippen LogP contribution in [0.5, 0.6) is 0 Å². The van der Waals surface area contributed by atoms with E-state index < -0.39 is 0 Å². The maximum atomic E-state index is 5.51. The molecule has 0 spiro atoms. The first-order valence-corrected chi connectivity index (χ1v) is 6.18. The predicted octanol–water partition coefficient (Wildman–Crippen LogP) is 1.09. The van der Waals surface area contributed by atoms with E-state index in [1.165, 1.54) is 13.0 Å². The topological polar surface area (TPSA) is 24.5 Å². The fourth-order valence-electron chi connectivity index (χ4n) is 1.58. The Morgan fingerprint density at radius 1 is 1.27 bits per heavy atom. The van der Waals surface area contributed by atoms with Gasteiger partial charge in [-0.3, -0.25) is 4.90 Å². The van der Waals surface area contributed by atoms with Gasteiger partial charge in [-0.05, 0) is 19.5 Å². The number of hydrogen-bond acceptors (Lipinski definition) is 3. The average molecular weight is 233 g/mol. The van der Waals surface area contributed by atoms with E-state index in [0.717, 1.165) is 39.4 Å². The molecule has 0 aromatic rings. The molecular formula is C11H21ClN2O. The Kier molecular flexibility index (Phi) is 7.92. The van der Waals surface area contributed by atoms with Gasteiger partial charge in [-0.1, -0.05) is 12.2 Å². The van der Waals surface area contributed by atoms with Crippen molar-refractivity contribution in [2.24, 2.45) is 0 Å². The number of nitrogens with zero attached hydrogens (tertiary/aromatic N) is 1. The molecule has 0 aromatic carbocycles. The molecule has 1 fully saturated rings. The van der Waals surface area contributed by atoms with Gasteiger partial charge in [-0.15, -0.1) is 11.6 Å². The first kappa shape index (κ1) is 13.0. The molecule has 0 radical (unpaired) electrons. The lowest BCUT2D eigenvalue weighted by molar-refractivity contribution is 0.0375. The van der Waals surface area contributed by atoms with Crippen molar-refractivity contribution in [3.05, 3.63) is 12.2 Å². The largest absolute Gasteiger partial charge is 0.379 e. The summed E-state index contributed by atoms with van der Waals surface area (Å²) in [6.07, 6.45) is 5.24. The van der Waals surface area contributed by atoms with Gasteiger partial charge in [0, 0.05) is 25.5 Å². The lowest BCUT2D eigenvalue weighted by atomic mass is 10.3. The van der Waals surface area contributed by atoms with Crippen LogP contribution < -0.4 is 5.32 Å². The van der Waals surface area contributed by atoms with Gasteiger partial charge in [0.05, 0.1) is 13.2 Å². The van der Waals surface area contributed by atoms with Crippen LogP contribution >= 0.6 is 11.6 Å². The van der Waals surface area contributed by atoms with Crippen LogP contribution in [0.15, 0.2) is 12.2 Å². The molecule has 0 unspecified atom stereocenters. The molecule has 0 bridgehead atoms. The van der Waals surface area contributed by atoms with Gasteiger partial charge in [0.25, 0.3) is 0 Å². The summed E-state index contributed by atoms with van der Waals surface area (Å²) in [4.78, 5) is 2.46. The molecule has 0 aromatic heterocycles. The van der Waals surface area contributed by atoms with E-state index in [-0.39, 0.29) is 0 Å². The third kappa shape index (κ3) is 6.90. The second-order valence-corrected chi connectivity index (χ2v) is 3.95. The zero-order chi connectivity index (χ0) is 10.8. The second kappa shape index (κ2) is 9.16. The fourth-order valence-corrected chi connectivity index (χ4v) is 1.71. The smallest absolute Gasteiger partial charge is 0.0594 e. The molecule has 1 aliphatic rings. The monoisotopic (exact) mass is 232 g/mol. The predicted molar refractivity (Wildman–Crippen MR) is 64.6 cm³/mol. The van der Waals surface area contributed by atoms with Crippen molar-refractivity contribution in [3.63, 3.8) is 0 Å². The highest BCUT2D eigenvalue weighted by Gasteiger charge is 2.08. The van der Waals surface area contributed by atoms with Crippen molar-refractivity contribution in [3.8, 4) is 0 Å². The molecule has 88 valence electrons. The van der Waals surface area contributed by atoms with Gasteiger partial charge in [0.15, 0.2) is 0 Å². The van der Waals surface area contributed by atoms with E-state index in [0.29, 0.717) is 5.88 Å². The normalized spacial score (nSPS) is 18.7. The van der Waals surface area contributed by atoms with Crippen molar-refractivity contribution in [1.29, 1.82) is 0 Å². The first-order chi connectivity index (χ1) is 7.43. The SMILES string of the molecule is ClC/C=C/CNCCCN1CCOCC1. The van der Waals surface area contributed by atoms with Crippen LogP contribution in [0, 0.1) is 0 Å². The molecule has 0 amide bonds. The number of nitrogens with one attached hydrogen (secondary N) is 1. The highest BCUT2D eigenvalue weighted by Crippen LogP contribution is 1.97. The molecule has 1 aliphatic heterocycles. The molecule has 1 N–H and O–H groups in total. The van der Waals surface area contributed by atoms with Crippen LogP contribution in [-0.4, -0.2) is 56.7 Å². The summed E-state index contributed by atoms with van der Waals surface area (Å²) in [5, 5.41) is 3.36. The maximum absolute atomic E-state index is 5.51. The Hall–Kier alpha value is -0.0900. The van der Waals surface area contributed by atoms with Gasteiger partial charge in [-0.2, -0.15) is 0 Å².